The zero-order valence-electron chi connectivity index (χ0n) is 10.3. The number of aromatic nitrogens is 1. The molecule has 1 aromatic carbocycles. The molecule has 18 heavy (non-hydrogen) atoms. The highest BCUT2D eigenvalue weighted by atomic mass is 16.5. The van der Waals surface area contributed by atoms with Crippen LogP contribution in [-0.2, 0) is 4.74 Å². The molecule has 1 aliphatic heterocycles. The Balaban J connectivity index is 1.52. The van der Waals surface area contributed by atoms with E-state index in [0.717, 1.165) is 56.1 Å². The normalized spacial score (nSPS) is 17.1. The summed E-state index contributed by atoms with van der Waals surface area (Å²) in [5, 5.41) is 1.09. The van der Waals surface area contributed by atoms with Gasteiger partial charge in [-0.3, -0.25) is 4.90 Å². The third kappa shape index (κ3) is 2.66. The maximum atomic E-state index is 5.77. The van der Waals surface area contributed by atoms with Crippen LogP contribution in [0, 0.1) is 6.07 Å². The molecule has 95 valence electrons. The van der Waals surface area contributed by atoms with Crippen molar-refractivity contribution in [1.82, 2.24) is 9.88 Å². The van der Waals surface area contributed by atoms with Gasteiger partial charge in [0.2, 0.25) is 0 Å². The lowest BCUT2D eigenvalue weighted by Gasteiger charge is -2.26. The molecule has 1 fully saturated rings. The summed E-state index contributed by atoms with van der Waals surface area (Å²) < 4.78 is 11.1. The Kier molecular flexibility index (Phi) is 3.48. The van der Waals surface area contributed by atoms with E-state index in [1.54, 1.807) is 0 Å². The van der Waals surface area contributed by atoms with Crippen LogP contribution in [0.1, 0.15) is 0 Å². The van der Waals surface area contributed by atoms with Crippen molar-refractivity contribution < 1.29 is 9.47 Å². The van der Waals surface area contributed by atoms with Crippen molar-refractivity contribution in [2.45, 2.75) is 0 Å². The van der Waals surface area contributed by atoms with E-state index in [1.807, 2.05) is 24.4 Å². The molecule has 0 aliphatic carbocycles. The highest BCUT2D eigenvalue weighted by Gasteiger charge is 2.09. The van der Waals surface area contributed by atoms with Crippen molar-refractivity contribution >= 4 is 10.9 Å². The smallest absolute Gasteiger partial charge is 0.121 e. The number of H-pyrrole nitrogens is 1. The minimum atomic E-state index is 0.718. The Morgan fingerprint density at radius 2 is 2.22 bits per heavy atom. The molecule has 4 nitrogen and oxygen atoms in total. The van der Waals surface area contributed by atoms with Crippen molar-refractivity contribution in [3.8, 4) is 5.75 Å². The van der Waals surface area contributed by atoms with Gasteiger partial charge in [0.15, 0.2) is 0 Å². The number of nitrogens with zero attached hydrogens (tertiary/aromatic N) is 1. The molecule has 2 aromatic rings. The Morgan fingerprint density at radius 1 is 1.33 bits per heavy atom. The van der Waals surface area contributed by atoms with E-state index in [1.165, 1.54) is 0 Å². The van der Waals surface area contributed by atoms with Crippen molar-refractivity contribution in [2.75, 3.05) is 39.5 Å². The van der Waals surface area contributed by atoms with Gasteiger partial charge in [-0.1, -0.05) is 0 Å². The zero-order chi connectivity index (χ0) is 12.2. The summed E-state index contributed by atoms with van der Waals surface area (Å²) in [6.45, 7) is 5.37. The Hall–Kier alpha value is -1.52. The van der Waals surface area contributed by atoms with Crippen LogP contribution in [0.25, 0.3) is 10.9 Å². The van der Waals surface area contributed by atoms with Gasteiger partial charge in [0, 0.05) is 48.9 Å². The van der Waals surface area contributed by atoms with Crippen LogP contribution in [0.4, 0.5) is 0 Å². The lowest BCUT2D eigenvalue weighted by atomic mass is 10.2. The van der Waals surface area contributed by atoms with Crippen LogP contribution in [0.2, 0.25) is 0 Å². The van der Waals surface area contributed by atoms with Gasteiger partial charge < -0.3 is 14.5 Å². The average Bonchev–Trinajstić information content (AvgIpc) is 2.87. The molecule has 0 bridgehead atoms. The van der Waals surface area contributed by atoms with Crippen molar-refractivity contribution in [2.24, 2.45) is 0 Å². The van der Waals surface area contributed by atoms with Gasteiger partial charge in [0.1, 0.15) is 12.4 Å². The minimum Gasteiger partial charge on any atom is -0.492 e. The molecular weight excluding hydrogens is 228 g/mol. The largest absolute Gasteiger partial charge is 0.492 e. The Morgan fingerprint density at radius 3 is 3.11 bits per heavy atom. The average molecular weight is 245 g/mol. The zero-order valence-corrected chi connectivity index (χ0v) is 10.3. The molecule has 1 N–H and O–H groups in total. The van der Waals surface area contributed by atoms with Crippen molar-refractivity contribution in [3.63, 3.8) is 0 Å². The number of hydrogen-bond donors (Lipinski definition) is 1. The summed E-state index contributed by atoms with van der Waals surface area (Å²) in [5.41, 5.74) is 1.07. The summed E-state index contributed by atoms with van der Waals surface area (Å²) in [6, 6.07) is 9.16. The number of fused-ring (bicyclic) bond motifs is 1. The van der Waals surface area contributed by atoms with Crippen LogP contribution >= 0.6 is 0 Å². The highest BCUT2D eigenvalue weighted by Crippen LogP contribution is 2.18. The van der Waals surface area contributed by atoms with Gasteiger partial charge in [-0.25, -0.2) is 0 Å². The number of benzene rings is 1. The molecule has 0 atom stereocenters. The van der Waals surface area contributed by atoms with E-state index in [-0.39, 0.29) is 0 Å². The van der Waals surface area contributed by atoms with Crippen molar-refractivity contribution in [3.05, 3.63) is 30.5 Å². The summed E-state index contributed by atoms with van der Waals surface area (Å²) in [6.07, 6.45) is 1.82. The van der Waals surface area contributed by atoms with E-state index < -0.39 is 0 Å². The van der Waals surface area contributed by atoms with E-state index >= 15 is 0 Å². The number of hydrogen-bond acceptors (Lipinski definition) is 3. The lowest BCUT2D eigenvalue weighted by Crippen LogP contribution is -2.38. The molecule has 0 amide bonds. The van der Waals surface area contributed by atoms with Gasteiger partial charge in [-0.05, 0) is 12.1 Å². The predicted octanol–water partition coefficient (Wildman–Crippen LogP) is 1.68. The quantitative estimate of drug-likeness (QED) is 0.890. The first-order chi connectivity index (χ1) is 8.92. The van der Waals surface area contributed by atoms with E-state index in [9.17, 15) is 0 Å². The molecule has 2 heterocycles. The summed E-state index contributed by atoms with van der Waals surface area (Å²) in [4.78, 5) is 5.50. The molecule has 1 radical (unpaired) electrons. The van der Waals surface area contributed by atoms with Crippen LogP contribution < -0.4 is 4.74 Å². The summed E-state index contributed by atoms with van der Waals surface area (Å²) >= 11 is 0. The molecule has 0 saturated carbocycles. The SMILES string of the molecule is [c]1c[nH]c2cc(OCCN3CCOCC3)ccc12. The molecule has 1 aliphatic rings. The molecule has 0 unspecified atom stereocenters. The first kappa shape index (κ1) is 11.6. The molecule has 0 spiro atoms. The van der Waals surface area contributed by atoms with Gasteiger partial charge in [-0.15, -0.1) is 0 Å². The van der Waals surface area contributed by atoms with Gasteiger partial charge in [0.05, 0.1) is 13.2 Å². The fourth-order valence-electron chi connectivity index (χ4n) is 2.17. The van der Waals surface area contributed by atoms with E-state index in [0.29, 0.717) is 0 Å². The first-order valence-corrected chi connectivity index (χ1v) is 6.33. The minimum absolute atomic E-state index is 0.718. The van der Waals surface area contributed by atoms with Gasteiger partial charge >= 0.3 is 0 Å². The second-order valence-corrected chi connectivity index (χ2v) is 4.44. The second kappa shape index (κ2) is 5.42. The van der Waals surface area contributed by atoms with E-state index in [4.69, 9.17) is 9.47 Å². The first-order valence-electron chi connectivity index (χ1n) is 6.33. The number of aromatic amines is 1. The van der Waals surface area contributed by atoms with Gasteiger partial charge in [0.25, 0.3) is 0 Å². The molecular formula is C14H17N2O2. The van der Waals surface area contributed by atoms with E-state index in [2.05, 4.69) is 16.0 Å². The van der Waals surface area contributed by atoms with Crippen LogP contribution in [-0.4, -0.2) is 49.3 Å². The Labute approximate surface area is 106 Å². The molecule has 1 saturated heterocycles. The lowest BCUT2D eigenvalue weighted by molar-refractivity contribution is 0.0322. The van der Waals surface area contributed by atoms with Crippen LogP contribution in [0.3, 0.4) is 0 Å². The standard InChI is InChI=1S/C14H17N2O2/c1-2-13(11-14-12(1)3-4-15-14)18-10-7-16-5-8-17-9-6-16/h1-2,4,11,15H,5-10H2. The maximum absolute atomic E-state index is 5.77. The number of nitrogens with one attached hydrogen (secondary N) is 1. The second-order valence-electron chi connectivity index (χ2n) is 4.44. The monoisotopic (exact) mass is 245 g/mol. The number of morpholine rings is 1. The fourth-order valence-corrected chi connectivity index (χ4v) is 2.17. The van der Waals surface area contributed by atoms with Crippen LogP contribution in [0.5, 0.6) is 5.75 Å². The van der Waals surface area contributed by atoms with Crippen LogP contribution in [0.15, 0.2) is 24.4 Å². The predicted molar refractivity (Wildman–Crippen MR) is 69.9 cm³/mol. The summed E-state index contributed by atoms with van der Waals surface area (Å²) in [7, 11) is 0. The number of rotatable bonds is 4. The summed E-state index contributed by atoms with van der Waals surface area (Å²) in [5.74, 6) is 0.909. The molecule has 3 rings (SSSR count). The fraction of sp³-hybridized carbons (Fsp3) is 0.429. The van der Waals surface area contributed by atoms with Gasteiger partial charge in [-0.2, -0.15) is 0 Å². The maximum Gasteiger partial charge on any atom is 0.121 e. The molecule has 1 aromatic heterocycles. The number of ether oxygens (including phenoxy) is 2. The topological polar surface area (TPSA) is 37.5 Å². The Bertz CT molecular complexity index is 503. The third-order valence-electron chi connectivity index (χ3n) is 3.23. The third-order valence-corrected chi connectivity index (χ3v) is 3.23. The van der Waals surface area contributed by atoms with Crippen molar-refractivity contribution in [1.29, 1.82) is 0 Å². The molecule has 4 heteroatoms. The highest BCUT2D eigenvalue weighted by molar-refractivity contribution is 5.79.